The van der Waals surface area contributed by atoms with Crippen LogP contribution in [0.25, 0.3) is 10.9 Å². The maximum Gasteiger partial charge on any atom is 0.416 e. The highest BCUT2D eigenvalue weighted by Gasteiger charge is 2.37. The number of piperidine rings is 1. The normalized spacial score (nSPS) is 16.1. The fourth-order valence-electron chi connectivity index (χ4n) is 5.42. The van der Waals surface area contributed by atoms with Gasteiger partial charge in [-0.05, 0) is 75.5 Å². The van der Waals surface area contributed by atoms with Crippen LogP contribution >= 0.6 is 23.2 Å². The molecule has 0 unspecified atom stereocenters. The van der Waals surface area contributed by atoms with Gasteiger partial charge in [0.15, 0.2) is 9.84 Å². The number of nitrogens with one attached hydrogen (secondary N) is 2. The molecule has 0 bridgehead atoms. The van der Waals surface area contributed by atoms with E-state index in [1.165, 1.54) is 25.1 Å². The molecule has 2 heterocycles. The summed E-state index contributed by atoms with van der Waals surface area (Å²) in [6.07, 6.45) is -3.39. The van der Waals surface area contributed by atoms with Gasteiger partial charge in [-0.25, -0.2) is 18.2 Å². The maximum absolute atomic E-state index is 14.5. The van der Waals surface area contributed by atoms with Gasteiger partial charge in [-0.2, -0.15) is 13.2 Å². The quantitative estimate of drug-likeness (QED) is 0.307. The zero-order chi connectivity index (χ0) is 35.6. The van der Waals surface area contributed by atoms with Crippen LogP contribution in [0.1, 0.15) is 57.2 Å². The van der Waals surface area contributed by atoms with E-state index in [1.807, 2.05) is 0 Å². The molecule has 2 amide bonds. The number of halogens is 5. The van der Waals surface area contributed by atoms with Crippen molar-refractivity contribution in [2.45, 2.75) is 76.3 Å². The molecule has 3 aromatic rings. The summed E-state index contributed by atoms with van der Waals surface area (Å²) in [5.41, 5.74) is -2.93. The van der Waals surface area contributed by atoms with Crippen molar-refractivity contribution in [1.29, 1.82) is 0 Å². The van der Waals surface area contributed by atoms with E-state index < -0.39 is 50.8 Å². The summed E-state index contributed by atoms with van der Waals surface area (Å²) < 4.78 is 74.8. The van der Waals surface area contributed by atoms with E-state index in [4.69, 9.17) is 27.9 Å². The fourth-order valence-corrected chi connectivity index (χ4v) is 7.04. The molecule has 0 saturated carbocycles. The van der Waals surface area contributed by atoms with E-state index in [9.17, 15) is 36.0 Å². The maximum atomic E-state index is 14.5. The Balaban J connectivity index is 1.59. The molecule has 0 spiro atoms. The summed E-state index contributed by atoms with van der Waals surface area (Å²) in [5.74, 6) is -0.694. The molecule has 2 aromatic carbocycles. The number of carbonyl (C=O) groups is 2. The summed E-state index contributed by atoms with van der Waals surface area (Å²) in [7, 11) is -3.71. The van der Waals surface area contributed by atoms with Crippen LogP contribution in [0.2, 0.25) is 10.0 Å². The number of carbonyl (C=O) groups excluding carboxylic acids is 2. The first-order chi connectivity index (χ1) is 22.3. The molecule has 1 aromatic heterocycles. The third-order valence-corrected chi connectivity index (χ3v) is 10.1. The van der Waals surface area contributed by atoms with Crippen LogP contribution < -0.4 is 16.2 Å². The summed E-state index contributed by atoms with van der Waals surface area (Å²) in [5, 5.41) is 4.64. The van der Waals surface area contributed by atoms with Crippen molar-refractivity contribution in [2.24, 2.45) is 0 Å². The number of hydrogen-bond acceptors (Lipinski definition) is 8. The van der Waals surface area contributed by atoms with E-state index in [1.54, 1.807) is 25.7 Å². The number of amides is 2. The molecule has 1 saturated heterocycles. The molecule has 1 aliphatic rings. The summed E-state index contributed by atoms with van der Waals surface area (Å²) in [6, 6.07) is 4.41. The van der Waals surface area contributed by atoms with Crippen LogP contribution in [0.4, 0.5) is 18.0 Å². The number of hydrogen-bond donors (Lipinski definition) is 2. The van der Waals surface area contributed by atoms with E-state index in [-0.39, 0.29) is 68.9 Å². The number of alkyl halides is 3. The van der Waals surface area contributed by atoms with E-state index >= 15 is 0 Å². The Hall–Kier alpha value is -3.40. The SMILES string of the molecule is CCS(=O)(=O)c1ccc(Cl)cc1Cn1cnc2c(Cl)c(CN3CCC[C@H](NC(=O)CNC(=O)OC(C)(C)C)C3)c(C(F)(F)F)cc2c1=O. The lowest BCUT2D eigenvalue weighted by atomic mass is 10.0. The van der Waals surface area contributed by atoms with Crippen molar-refractivity contribution >= 4 is 55.9 Å². The number of nitrogens with zero attached hydrogens (tertiary/aromatic N) is 3. The number of fused-ring (bicyclic) bond motifs is 1. The predicted molar refractivity (Wildman–Crippen MR) is 175 cm³/mol. The lowest BCUT2D eigenvalue weighted by Gasteiger charge is -2.34. The highest BCUT2D eigenvalue weighted by Crippen LogP contribution is 2.39. The molecule has 1 fully saturated rings. The van der Waals surface area contributed by atoms with Crippen molar-refractivity contribution in [3.05, 3.63) is 67.7 Å². The topological polar surface area (TPSA) is 140 Å². The molecular weight excluding hydrogens is 698 g/mol. The van der Waals surface area contributed by atoms with Crippen molar-refractivity contribution in [3.8, 4) is 0 Å². The summed E-state index contributed by atoms with van der Waals surface area (Å²) >= 11 is 12.7. The zero-order valence-corrected chi connectivity index (χ0v) is 29.0. The Labute approximate surface area is 285 Å². The van der Waals surface area contributed by atoms with Crippen LogP contribution in [0.3, 0.4) is 0 Å². The third kappa shape index (κ3) is 9.18. The second-order valence-electron chi connectivity index (χ2n) is 12.4. The predicted octanol–water partition coefficient (Wildman–Crippen LogP) is 5.17. The Morgan fingerprint density at radius 1 is 1.12 bits per heavy atom. The van der Waals surface area contributed by atoms with Crippen LogP contribution in [-0.4, -0.2) is 71.9 Å². The van der Waals surface area contributed by atoms with Crippen LogP contribution in [0.15, 0.2) is 40.3 Å². The van der Waals surface area contributed by atoms with E-state index in [0.717, 1.165) is 17.0 Å². The zero-order valence-electron chi connectivity index (χ0n) is 26.7. The van der Waals surface area contributed by atoms with Crippen LogP contribution in [0.5, 0.6) is 0 Å². The van der Waals surface area contributed by atoms with Crippen molar-refractivity contribution in [2.75, 3.05) is 25.4 Å². The minimum absolute atomic E-state index is 0.0545. The third-order valence-electron chi connectivity index (χ3n) is 7.59. The van der Waals surface area contributed by atoms with Crippen LogP contribution in [-0.2, 0) is 38.6 Å². The van der Waals surface area contributed by atoms with Gasteiger partial charge in [-0.3, -0.25) is 19.1 Å². The van der Waals surface area contributed by atoms with Gasteiger partial charge in [0.05, 0.1) is 45.0 Å². The van der Waals surface area contributed by atoms with Gasteiger partial charge in [0.2, 0.25) is 5.91 Å². The summed E-state index contributed by atoms with van der Waals surface area (Å²) in [6.45, 7) is 6.25. The number of alkyl carbamates (subject to hydrolysis) is 1. The standard InChI is InChI=1S/C31H36Cl2F3N5O6S/c1-5-48(45,46)24-9-8-19(32)11-18(24)14-41-17-38-27-21(28(41)43)12-23(31(34,35)36)22(26(27)33)16-40-10-6-7-20(15-40)39-25(42)13-37-29(44)47-30(2,3)4/h8-9,11-12,17,20H,5-7,10,13-16H2,1-4H3,(H,37,44)(H,39,42)/t20-/m0/s1. The molecule has 4 rings (SSSR count). The Kier molecular flexibility index (Phi) is 11.4. The monoisotopic (exact) mass is 733 g/mol. The number of ether oxygens (including phenoxy) is 1. The van der Waals surface area contributed by atoms with E-state index in [2.05, 4.69) is 15.6 Å². The van der Waals surface area contributed by atoms with Crippen molar-refractivity contribution < 1.29 is 35.9 Å². The van der Waals surface area contributed by atoms with Gasteiger partial charge in [0.1, 0.15) is 12.1 Å². The average Bonchev–Trinajstić information content (AvgIpc) is 2.97. The number of aromatic nitrogens is 2. The van der Waals surface area contributed by atoms with Gasteiger partial charge in [-0.15, -0.1) is 0 Å². The number of sulfone groups is 1. The number of likely N-dealkylation sites (tertiary alicyclic amines) is 1. The van der Waals surface area contributed by atoms with Gasteiger partial charge in [0, 0.05) is 24.2 Å². The molecule has 1 atom stereocenters. The smallest absolute Gasteiger partial charge is 0.416 e. The molecule has 1 aliphatic heterocycles. The van der Waals surface area contributed by atoms with E-state index in [0.29, 0.717) is 19.4 Å². The Morgan fingerprint density at radius 3 is 2.48 bits per heavy atom. The molecular formula is C31H36Cl2F3N5O6S. The Morgan fingerprint density at radius 2 is 1.83 bits per heavy atom. The largest absolute Gasteiger partial charge is 0.444 e. The highest BCUT2D eigenvalue weighted by molar-refractivity contribution is 7.91. The highest BCUT2D eigenvalue weighted by atomic mass is 35.5. The van der Waals surface area contributed by atoms with Crippen molar-refractivity contribution in [3.63, 3.8) is 0 Å². The van der Waals surface area contributed by atoms with Gasteiger partial charge < -0.3 is 15.4 Å². The second kappa shape index (κ2) is 14.6. The molecule has 11 nitrogen and oxygen atoms in total. The second-order valence-corrected chi connectivity index (χ2v) is 15.5. The molecule has 17 heteroatoms. The lowest BCUT2D eigenvalue weighted by Crippen LogP contribution is -2.50. The average molecular weight is 735 g/mol. The first-order valence-electron chi connectivity index (χ1n) is 15.1. The lowest BCUT2D eigenvalue weighted by molar-refractivity contribution is -0.138. The first-order valence-corrected chi connectivity index (χ1v) is 17.5. The summed E-state index contributed by atoms with van der Waals surface area (Å²) in [4.78, 5) is 43.7. The number of benzene rings is 2. The molecule has 0 radical (unpaired) electrons. The molecule has 48 heavy (non-hydrogen) atoms. The Bertz CT molecular complexity index is 1880. The molecule has 0 aliphatic carbocycles. The van der Waals surface area contributed by atoms with Gasteiger partial charge in [-0.1, -0.05) is 30.1 Å². The fraction of sp³-hybridized carbons (Fsp3) is 0.484. The number of rotatable bonds is 9. The van der Waals surface area contributed by atoms with Gasteiger partial charge in [0.25, 0.3) is 5.56 Å². The van der Waals surface area contributed by atoms with Crippen LogP contribution in [0, 0.1) is 0 Å². The minimum atomic E-state index is -4.88. The van der Waals surface area contributed by atoms with Gasteiger partial charge >= 0.3 is 12.3 Å². The van der Waals surface area contributed by atoms with Crippen molar-refractivity contribution in [1.82, 2.24) is 25.1 Å². The molecule has 2 N–H and O–H groups in total. The minimum Gasteiger partial charge on any atom is -0.444 e. The molecule has 262 valence electrons. The first kappa shape index (κ1) is 37.4.